The van der Waals surface area contributed by atoms with Crippen molar-refractivity contribution >= 4 is 144 Å². The summed E-state index contributed by atoms with van der Waals surface area (Å²) < 4.78 is 190. The smallest absolute Gasteiger partial charge is 0.475 e. The molecule has 12 heterocycles. The van der Waals surface area contributed by atoms with Gasteiger partial charge in [0.1, 0.15) is 36.6 Å². The zero-order valence-corrected chi connectivity index (χ0v) is 77.2. The highest BCUT2D eigenvalue weighted by Crippen LogP contribution is 2.63. The number of nitrogens with zero attached hydrogens (tertiary/aromatic N) is 12. The molecule has 0 radical (unpaired) electrons. The first kappa shape index (κ1) is 100. The van der Waals surface area contributed by atoms with E-state index in [-0.39, 0.29) is 181 Å². The topological polar surface area (TPSA) is 565 Å². The van der Waals surface area contributed by atoms with Gasteiger partial charge in [-0.05, 0) is 81.6 Å². The number of halogens is 3. The van der Waals surface area contributed by atoms with Gasteiger partial charge in [-0.1, -0.05) is 76.8 Å². The third-order valence-electron chi connectivity index (χ3n) is 20.0. The molecule has 9 N–H and O–H groups in total. The van der Waals surface area contributed by atoms with E-state index in [0.717, 1.165) is 35.3 Å². The number of imidazole rings is 3. The number of thioether (sulfide) groups is 3. The summed E-state index contributed by atoms with van der Waals surface area (Å²) in [7, 11) is -12.5. The summed E-state index contributed by atoms with van der Waals surface area (Å²) in [6, 6.07) is 0. The van der Waals surface area contributed by atoms with Gasteiger partial charge in [0.15, 0.2) is 84.5 Å². The number of phosphoric ester groups is 3. The number of aromatic nitrogens is 12. The second-order valence-corrected chi connectivity index (χ2v) is 39.1. The molecule has 12 rings (SSSR count). The Morgan fingerprint density at radius 1 is 0.444 bits per heavy atom. The summed E-state index contributed by atoms with van der Waals surface area (Å²) >= 11 is 2.95. The molecule has 126 heavy (non-hydrogen) atoms. The minimum Gasteiger partial charge on any atom is -0.476 e. The van der Waals surface area contributed by atoms with Crippen LogP contribution in [0.5, 0.6) is 17.6 Å². The van der Waals surface area contributed by atoms with Crippen molar-refractivity contribution in [2.45, 2.75) is 195 Å². The molecule has 6 aromatic heterocycles. The first-order chi connectivity index (χ1) is 59.4. The van der Waals surface area contributed by atoms with E-state index in [2.05, 4.69) is 60.8 Å². The van der Waals surface area contributed by atoms with Gasteiger partial charge in [-0.15, -0.1) is 0 Å². The third-order valence-corrected chi connectivity index (χ3v) is 27.9. The molecule has 0 bridgehead atoms. The van der Waals surface area contributed by atoms with Crippen molar-refractivity contribution in [1.82, 2.24) is 74.5 Å². The van der Waals surface area contributed by atoms with Crippen LogP contribution in [-0.4, -0.2) is 262 Å². The molecule has 6 aromatic rings. The van der Waals surface area contributed by atoms with Gasteiger partial charge >= 0.3 is 41.7 Å². The van der Waals surface area contributed by atoms with Crippen LogP contribution in [0.2, 0.25) is 0 Å². The Balaban J connectivity index is 0.000000197. The van der Waals surface area contributed by atoms with E-state index in [9.17, 15) is 42.5 Å². The number of nitrogen functional groups attached to an aromatic ring is 3. The maximum Gasteiger partial charge on any atom is 0.475 e. The molecule has 1 unspecified atom stereocenters. The molecular formula is C72H108F3N18O27P3S3. The number of nitrogens with one attached hydrogen (secondary N) is 3. The Bertz CT molecular complexity index is 4510. The number of hydrogen-bond acceptors (Lipinski definition) is 42. The van der Waals surface area contributed by atoms with Gasteiger partial charge in [0, 0.05) is 53.1 Å². The lowest BCUT2D eigenvalue weighted by molar-refractivity contribution is -0.119. The average molecular weight is 1900 g/mol. The van der Waals surface area contributed by atoms with Gasteiger partial charge in [0.05, 0.1) is 98.3 Å². The van der Waals surface area contributed by atoms with Crippen molar-refractivity contribution in [3.63, 3.8) is 0 Å². The van der Waals surface area contributed by atoms with E-state index in [1.165, 1.54) is 53.5 Å². The molecule has 0 aromatic carbocycles. The monoisotopic (exact) mass is 1900 g/mol. The van der Waals surface area contributed by atoms with Crippen molar-refractivity contribution < 1.29 is 139 Å². The number of alkyl halides is 3. The Kier molecular flexibility index (Phi) is 33.9. The number of nitrogens with two attached hydrogens (primary N) is 3. The number of carbonyl (C=O) groups is 6. The number of anilines is 3. The van der Waals surface area contributed by atoms with Crippen LogP contribution in [0, 0.1) is 16.2 Å². The fourth-order valence-electron chi connectivity index (χ4n) is 13.4. The zero-order chi connectivity index (χ0) is 92.1. The van der Waals surface area contributed by atoms with E-state index in [1.54, 1.807) is 83.1 Å². The summed E-state index contributed by atoms with van der Waals surface area (Å²) in [6.45, 7) is 26.0. The second-order valence-electron chi connectivity index (χ2n) is 31.0. The number of amides is 3. The highest BCUT2D eigenvalue weighted by atomic mass is 32.2. The lowest BCUT2D eigenvalue weighted by atomic mass is 9.91. The number of ether oxygens (including phenoxy) is 9. The second kappa shape index (κ2) is 42.5. The maximum absolute atomic E-state index is 16.3. The van der Waals surface area contributed by atoms with E-state index in [0.29, 0.717) is 39.1 Å². The van der Waals surface area contributed by atoms with Crippen molar-refractivity contribution in [3.05, 3.63) is 19.0 Å². The minimum absolute atomic E-state index is 0.0887. The van der Waals surface area contributed by atoms with Crippen LogP contribution < -0.4 is 47.4 Å². The standard InChI is InChI=1S/3C24H36FN6O9PS/c3*1-6-35-18-15-17(29-21(26)30-18)31(13-28-15)19-24(5,25)16-14(39-19)12-38-41(34,40-16)37-10-11-42-20(32)23(3,4)8-9-27-22(33)36-7-2/h3*13-14,16,19H,6-12H2,1-5H3,(H,27,33)(H2,26,29,30)/t14-,16-,19-,24-,41?;14-,16-,19-,24-,41+;14-,16-,19-,24-,41-/m111/s1. The molecule has 702 valence electrons. The fraction of sp³-hybridized carbons (Fsp3) is 0.708. The molecule has 15 atom stereocenters. The van der Waals surface area contributed by atoms with Gasteiger partial charge in [0.25, 0.3) is 0 Å². The SMILES string of the molecule is CCOC(=O)NCCC(C)(C)C(=O)SCCOP1(=O)OC[C@H]2O[C@@H](n3cnc4c(OCC)nc(N)nc43)[C@](C)(F)[C@@H]2O1.CCOC(=O)NCCC(C)(C)C(=O)SCCO[P@@]1(=O)OC[C@H]2O[C@@H](n3cnc4c(OCC)nc(N)nc43)[C@](C)(F)[C@@H]2O1.CCOC(=O)NCCC(C)(C)C(=O)SCCO[P@]1(=O)OC[C@H]2O[C@@H](n3cnc4c(OCC)nc(N)nc43)[C@](C)(F)[C@@H]2O1. The number of carbonyl (C=O) groups excluding carboxylic acids is 6. The molecule has 6 saturated heterocycles. The molecule has 3 amide bonds. The van der Waals surface area contributed by atoms with E-state index in [1.807, 2.05) is 0 Å². The number of rotatable bonds is 36. The van der Waals surface area contributed by atoms with Crippen molar-refractivity contribution in [3.8, 4) is 17.6 Å². The lowest BCUT2D eigenvalue weighted by Gasteiger charge is -2.33. The van der Waals surface area contributed by atoms with Crippen LogP contribution in [0.1, 0.15) is 142 Å². The first-order valence-electron chi connectivity index (χ1n) is 40.3. The molecule has 0 aliphatic carbocycles. The maximum atomic E-state index is 16.3. The summed E-state index contributed by atoms with van der Waals surface area (Å²) in [5, 5.41) is 7.32. The Labute approximate surface area is 735 Å². The molecular weight excluding hydrogens is 1800 g/mol. The zero-order valence-electron chi connectivity index (χ0n) is 72.1. The summed E-state index contributed by atoms with van der Waals surface area (Å²) in [5.41, 5.74) is 10.0. The first-order valence-corrected chi connectivity index (χ1v) is 47.6. The van der Waals surface area contributed by atoms with Crippen molar-refractivity contribution in [2.75, 3.05) is 133 Å². The van der Waals surface area contributed by atoms with Crippen LogP contribution in [-0.2, 0) is 97.2 Å². The van der Waals surface area contributed by atoms with Gasteiger partial charge in [-0.3, -0.25) is 68.8 Å². The Morgan fingerprint density at radius 3 is 0.937 bits per heavy atom. The van der Waals surface area contributed by atoms with Crippen molar-refractivity contribution in [2.24, 2.45) is 16.2 Å². The van der Waals surface area contributed by atoms with Crippen LogP contribution >= 0.6 is 58.8 Å². The molecule has 6 aliphatic heterocycles. The van der Waals surface area contributed by atoms with Crippen LogP contribution in [0.15, 0.2) is 19.0 Å². The number of phosphoric acid groups is 3. The van der Waals surface area contributed by atoms with Crippen LogP contribution in [0.25, 0.3) is 33.5 Å². The number of fused-ring (bicyclic) bond motifs is 6. The molecule has 6 aliphatic rings. The van der Waals surface area contributed by atoms with Crippen LogP contribution in [0.4, 0.5) is 45.4 Å². The average Bonchev–Trinajstić information content (AvgIpc) is 1.59. The predicted octanol–water partition coefficient (Wildman–Crippen LogP) is 10.2. The van der Waals surface area contributed by atoms with Gasteiger partial charge < -0.3 is 75.8 Å². The van der Waals surface area contributed by atoms with Gasteiger partial charge in [-0.25, -0.2) is 56.2 Å². The quantitative estimate of drug-likeness (QED) is 0.0121. The normalized spacial score (nSPS) is 27.5. The van der Waals surface area contributed by atoms with E-state index >= 15 is 13.2 Å². The predicted molar refractivity (Wildman–Crippen MR) is 449 cm³/mol. The largest absolute Gasteiger partial charge is 0.476 e. The van der Waals surface area contributed by atoms with Crippen molar-refractivity contribution in [1.29, 1.82) is 0 Å². The summed E-state index contributed by atoms with van der Waals surface area (Å²) in [5.74, 6) is 0.636. The summed E-state index contributed by atoms with van der Waals surface area (Å²) in [6.07, 6.45) is -6.90. The minimum atomic E-state index is -4.17. The molecule has 6 fully saturated rings. The number of hydrogen-bond donors (Lipinski definition) is 6. The lowest BCUT2D eigenvalue weighted by Crippen LogP contribution is -2.44. The van der Waals surface area contributed by atoms with E-state index < -0.39 is 130 Å². The molecule has 54 heteroatoms. The Hall–Kier alpha value is -7.68. The van der Waals surface area contributed by atoms with Gasteiger partial charge in [-0.2, -0.15) is 29.9 Å². The molecule has 0 spiro atoms. The molecule has 45 nitrogen and oxygen atoms in total. The third kappa shape index (κ3) is 24.1. The van der Waals surface area contributed by atoms with Gasteiger partial charge in [0.2, 0.25) is 35.5 Å². The number of alkyl carbamates (subject to hydrolysis) is 3. The Morgan fingerprint density at radius 2 is 0.698 bits per heavy atom. The fourth-order valence-corrected chi connectivity index (χ4v) is 20.7. The molecule has 0 saturated carbocycles. The summed E-state index contributed by atoms with van der Waals surface area (Å²) in [4.78, 5) is 110. The highest BCUT2D eigenvalue weighted by Gasteiger charge is 2.65. The highest BCUT2D eigenvalue weighted by molar-refractivity contribution is 8.14. The van der Waals surface area contributed by atoms with E-state index in [4.69, 9.17) is 101 Å². The van der Waals surface area contributed by atoms with Crippen LogP contribution in [0.3, 0.4) is 0 Å².